The number of hydrogen-bond acceptors (Lipinski definition) is 6. The monoisotopic (exact) mass is 406 g/mol. The lowest BCUT2D eigenvalue weighted by Gasteiger charge is -2.20. The summed E-state index contributed by atoms with van der Waals surface area (Å²) in [5.41, 5.74) is 9.59. The van der Waals surface area contributed by atoms with E-state index in [2.05, 4.69) is 4.98 Å². The Kier molecular flexibility index (Phi) is 8.86. The second-order valence-electron chi connectivity index (χ2n) is 6.13. The number of nitrogens with zero attached hydrogens (tertiary/aromatic N) is 1. The molecule has 0 fully saturated rings. The summed E-state index contributed by atoms with van der Waals surface area (Å²) in [7, 11) is 1.36. The number of carbonyl (C=O) groups excluding carboxylic acids is 1. The number of benzene rings is 1. The smallest absolute Gasteiger partial charge is 0.340 e. The third-order valence-electron chi connectivity index (χ3n) is 4.30. The average molecular weight is 407 g/mol. The molecule has 0 saturated carbocycles. The fraction of sp³-hybridized carbons (Fsp3) is 0.429. The molecule has 2 aromatic rings. The standard InChI is InChI=1S/C21H27ClN2O4/c1-4-27-11-9-16-18(13-28-12-10-23)24-14(2)19(21(25)26-3)20(16)15-7-5-6-8-17(15)22/h5-8H,4,9-13,23H2,1-3H3. The number of nitrogens with two attached hydrogens (primary N) is 1. The van der Waals surface area contributed by atoms with E-state index in [0.717, 1.165) is 22.4 Å². The number of carbonyl (C=O) groups is 1. The van der Waals surface area contributed by atoms with Crippen LogP contribution in [0, 0.1) is 6.92 Å². The van der Waals surface area contributed by atoms with Crippen molar-refractivity contribution in [2.75, 3.05) is 33.5 Å². The van der Waals surface area contributed by atoms with Crippen LogP contribution in [0.15, 0.2) is 24.3 Å². The van der Waals surface area contributed by atoms with Gasteiger partial charge >= 0.3 is 5.97 Å². The van der Waals surface area contributed by atoms with Crippen LogP contribution in [0.5, 0.6) is 0 Å². The quantitative estimate of drug-likeness (QED) is 0.479. The van der Waals surface area contributed by atoms with Gasteiger partial charge in [-0.3, -0.25) is 4.98 Å². The molecule has 0 aliphatic carbocycles. The van der Waals surface area contributed by atoms with Gasteiger partial charge in [0.15, 0.2) is 0 Å². The van der Waals surface area contributed by atoms with Crippen molar-refractivity contribution in [2.24, 2.45) is 5.73 Å². The third-order valence-corrected chi connectivity index (χ3v) is 4.63. The summed E-state index contributed by atoms with van der Waals surface area (Å²) < 4.78 is 16.2. The Hall–Kier alpha value is -1.99. The predicted molar refractivity (Wildman–Crippen MR) is 110 cm³/mol. The van der Waals surface area contributed by atoms with Gasteiger partial charge in [-0.1, -0.05) is 29.8 Å². The lowest BCUT2D eigenvalue weighted by Crippen LogP contribution is -2.16. The Morgan fingerprint density at radius 1 is 1.21 bits per heavy atom. The van der Waals surface area contributed by atoms with Gasteiger partial charge in [-0.15, -0.1) is 0 Å². The van der Waals surface area contributed by atoms with Crippen LogP contribution in [0.2, 0.25) is 5.02 Å². The maximum Gasteiger partial charge on any atom is 0.340 e. The highest BCUT2D eigenvalue weighted by Gasteiger charge is 2.25. The molecule has 1 aromatic carbocycles. The molecule has 28 heavy (non-hydrogen) atoms. The Morgan fingerprint density at radius 3 is 2.61 bits per heavy atom. The zero-order valence-corrected chi connectivity index (χ0v) is 17.3. The van der Waals surface area contributed by atoms with E-state index in [1.165, 1.54) is 7.11 Å². The number of halogens is 1. The first kappa shape index (κ1) is 22.3. The SMILES string of the molecule is CCOCCc1c(COCCN)nc(C)c(C(=O)OC)c1-c1ccccc1Cl. The molecule has 0 aliphatic rings. The lowest BCUT2D eigenvalue weighted by molar-refractivity contribution is 0.0599. The normalized spacial score (nSPS) is 10.9. The van der Waals surface area contributed by atoms with E-state index in [1.807, 2.05) is 25.1 Å². The summed E-state index contributed by atoms with van der Waals surface area (Å²) >= 11 is 6.49. The predicted octanol–water partition coefficient (Wildman–Crippen LogP) is 3.55. The van der Waals surface area contributed by atoms with Gasteiger partial charge in [-0.25, -0.2) is 4.79 Å². The first-order valence-electron chi connectivity index (χ1n) is 9.26. The van der Waals surface area contributed by atoms with E-state index in [4.69, 9.17) is 31.5 Å². The summed E-state index contributed by atoms with van der Waals surface area (Å²) in [6.45, 7) is 5.95. The molecule has 1 heterocycles. The van der Waals surface area contributed by atoms with Crippen LogP contribution in [0.4, 0.5) is 0 Å². The molecule has 2 N–H and O–H groups in total. The molecule has 0 spiro atoms. The van der Waals surface area contributed by atoms with Crippen molar-refractivity contribution in [3.63, 3.8) is 0 Å². The number of methoxy groups -OCH3 is 1. The van der Waals surface area contributed by atoms with Crippen molar-refractivity contribution in [3.05, 3.63) is 51.8 Å². The highest BCUT2D eigenvalue weighted by atomic mass is 35.5. The molecule has 152 valence electrons. The molecule has 0 bridgehead atoms. The molecule has 6 nitrogen and oxygen atoms in total. The Morgan fingerprint density at radius 2 is 1.96 bits per heavy atom. The molecule has 0 radical (unpaired) electrons. The second-order valence-corrected chi connectivity index (χ2v) is 6.54. The van der Waals surface area contributed by atoms with Crippen molar-refractivity contribution < 1.29 is 19.0 Å². The fourth-order valence-corrected chi connectivity index (χ4v) is 3.30. The molecular formula is C21H27ClN2O4. The summed E-state index contributed by atoms with van der Waals surface area (Å²) in [4.78, 5) is 17.3. The van der Waals surface area contributed by atoms with E-state index < -0.39 is 5.97 Å². The Balaban J connectivity index is 2.72. The Bertz CT molecular complexity index is 811. The topological polar surface area (TPSA) is 83.7 Å². The zero-order valence-electron chi connectivity index (χ0n) is 16.6. The summed E-state index contributed by atoms with van der Waals surface area (Å²) in [6, 6.07) is 7.42. The molecule has 7 heteroatoms. The maximum atomic E-state index is 12.6. The summed E-state index contributed by atoms with van der Waals surface area (Å²) in [6.07, 6.45) is 0.562. The van der Waals surface area contributed by atoms with Gasteiger partial charge in [0.25, 0.3) is 0 Å². The minimum atomic E-state index is -0.452. The van der Waals surface area contributed by atoms with Gasteiger partial charge in [0.2, 0.25) is 0 Å². The van der Waals surface area contributed by atoms with E-state index in [1.54, 1.807) is 13.0 Å². The number of ether oxygens (including phenoxy) is 3. The van der Waals surface area contributed by atoms with Crippen LogP contribution in [-0.2, 0) is 27.2 Å². The van der Waals surface area contributed by atoms with E-state index >= 15 is 0 Å². The highest BCUT2D eigenvalue weighted by Crippen LogP contribution is 2.36. The molecule has 0 unspecified atom stereocenters. The number of hydrogen-bond donors (Lipinski definition) is 1. The maximum absolute atomic E-state index is 12.6. The largest absolute Gasteiger partial charge is 0.465 e. The van der Waals surface area contributed by atoms with Gasteiger partial charge < -0.3 is 19.9 Å². The van der Waals surface area contributed by atoms with Gasteiger partial charge in [-0.2, -0.15) is 0 Å². The van der Waals surface area contributed by atoms with Crippen LogP contribution in [-0.4, -0.2) is 44.4 Å². The number of rotatable bonds is 10. The Labute approximate surface area is 171 Å². The van der Waals surface area contributed by atoms with Gasteiger partial charge in [0.05, 0.1) is 43.9 Å². The summed E-state index contributed by atoms with van der Waals surface area (Å²) in [5, 5.41) is 0.546. The third kappa shape index (κ3) is 5.29. The van der Waals surface area contributed by atoms with E-state index in [0.29, 0.717) is 55.7 Å². The number of aromatic nitrogens is 1. The van der Waals surface area contributed by atoms with E-state index in [-0.39, 0.29) is 0 Å². The molecule has 0 amide bonds. The molecule has 0 atom stereocenters. The minimum Gasteiger partial charge on any atom is -0.465 e. The lowest BCUT2D eigenvalue weighted by atomic mass is 9.91. The highest BCUT2D eigenvalue weighted by molar-refractivity contribution is 6.33. The minimum absolute atomic E-state index is 0.290. The molecule has 2 rings (SSSR count). The fourth-order valence-electron chi connectivity index (χ4n) is 3.07. The molecule has 0 aliphatic heterocycles. The van der Waals surface area contributed by atoms with Crippen molar-refractivity contribution >= 4 is 17.6 Å². The van der Waals surface area contributed by atoms with E-state index in [9.17, 15) is 4.79 Å². The van der Waals surface area contributed by atoms with Crippen LogP contribution in [0.1, 0.15) is 34.2 Å². The average Bonchev–Trinajstić information content (AvgIpc) is 2.69. The number of esters is 1. The van der Waals surface area contributed by atoms with Crippen LogP contribution < -0.4 is 5.73 Å². The van der Waals surface area contributed by atoms with Crippen LogP contribution >= 0.6 is 11.6 Å². The first-order chi connectivity index (χ1) is 13.5. The van der Waals surface area contributed by atoms with Gasteiger partial charge in [-0.05, 0) is 31.9 Å². The number of pyridine rings is 1. The van der Waals surface area contributed by atoms with Crippen molar-refractivity contribution in [1.29, 1.82) is 0 Å². The number of aryl methyl sites for hydroxylation is 1. The second kappa shape index (κ2) is 11.1. The molecular weight excluding hydrogens is 380 g/mol. The van der Waals surface area contributed by atoms with Gasteiger partial charge in [0, 0.05) is 29.3 Å². The molecule has 1 aromatic heterocycles. The van der Waals surface area contributed by atoms with Crippen molar-refractivity contribution in [1.82, 2.24) is 4.98 Å². The van der Waals surface area contributed by atoms with Crippen molar-refractivity contribution in [3.8, 4) is 11.1 Å². The van der Waals surface area contributed by atoms with Crippen LogP contribution in [0.3, 0.4) is 0 Å². The van der Waals surface area contributed by atoms with Gasteiger partial charge in [0.1, 0.15) is 0 Å². The van der Waals surface area contributed by atoms with Crippen molar-refractivity contribution in [2.45, 2.75) is 26.9 Å². The zero-order chi connectivity index (χ0) is 20.5. The first-order valence-corrected chi connectivity index (χ1v) is 9.64. The summed E-state index contributed by atoms with van der Waals surface area (Å²) in [5.74, 6) is -0.452. The molecule has 0 saturated heterocycles. The van der Waals surface area contributed by atoms with Crippen LogP contribution in [0.25, 0.3) is 11.1 Å².